The summed E-state index contributed by atoms with van der Waals surface area (Å²) in [5.74, 6) is 2.23. The van der Waals surface area contributed by atoms with Crippen LogP contribution in [0.15, 0.2) is 4.99 Å². The Labute approximate surface area is 105 Å². The average Bonchev–Trinajstić information content (AvgIpc) is 2.56. The molecule has 1 spiro atoms. The first-order chi connectivity index (χ1) is 7.99. The van der Waals surface area contributed by atoms with Gasteiger partial charge in [0.25, 0.3) is 0 Å². The van der Waals surface area contributed by atoms with Crippen molar-refractivity contribution in [2.24, 2.45) is 22.6 Å². The molecule has 1 fully saturated rings. The van der Waals surface area contributed by atoms with Gasteiger partial charge in [-0.2, -0.15) is 0 Å². The first-order valence-electron chi connectivity index (χ1n) is 7.08. The Morgan fingerprint density at radius 2 is 2.00 bits per heavy atom. The van der Waals surface area contributed by atoms with Crippen LogP contribution in [0.4, 0.5) is 0 Å². The van der Waals surface area contributed by atoms with Crippen LogP contribution in [0.25, 0.3) is 0 Å². The topological polar surface area (TPSA) is 41.6 Å². The van der Waals surface area contributed by atoms with Crippen molar-refractivity contribution in [2.75, 3.05) is 6.54 Å². The predicted octanol–water partition coefficient (Wildman–Crippen LogP) is 2.61. The van der Waals surface area contributed by atoms with Gasteiger partial charge < -0.3 is 10.6 Å². The zero-order chi connectivity index (χ0) is 12.6. The number of nitrogens with zero attached hydrogens (tertiary/aromatic N) is 2. The summed E-state index contributed by atoms with van der Waals surface area (Å²) in [6.45, 7) is 10.1. The van der Waals surface area contributed by atoms with E-state index in [-0.39, 0.29) is 5.54 Å². The number of aliphatic imine (C=N–C) groups is 1. The van der Waals surface area contributed by atoms with Crippen LogP contribution in [-0.2, 0) is 0 Å². The van der Waals surface area contributed by atoms with Gasteiger partial charge in [0.2, 0.25) is 0 Å². The molecule has 1 aliphatic heterocycles. The zero-order valence-corrected chi connectivity index (χ0v) is 11.7. The normalized spacial score (nSPS) is 33.9. The fraction of sp³-hybridized carbons (Fsp3) is 0.929. The van der Waals surface area contributed by atoms with E-state index < -0.39 is 0 Å². The van der Waals surface area contributed by atoms with Gasteiger partial charge >= 0.3 is 0 Å². The highest BCUT2D eigenvalue weighted by Crippen LogP contribution is 2.45. The maximum absolute atomic E-state index is 6.12. The van der Waals surface area contributed by atoms with Crippen molar-refractivity contribution in [3.05, 3.63) is 0 Å². The van der Waals surface area contributed by atoms with Gasteiger partial charge in [0, 0.05) is 6.04 Å². The van der Waals surface area contributed by atoms with Gasteiger partial charge in [-0.3, -0.25) is 4.99 Å². The highest BCUT2D eigenvalue weighted by atomic mass is 15.4. The van der Waals surface area contributed by atoms with E-state index in [1.54, 1.807) is 0 Å². The Morgan fingerprint density at radius 1 is 1.29 bits per heavy atom. The van der Waals surface area contributed by atoms with E-state index in [4.69, 9.17) is 5.73 Å². The Hall–Kier alpha value is -0.730. The summed E-state index contributed by atoms with van der Waals surface area (Å²) >= 11 is 0. The molecule has 2 aliphatic rings. The molecule has 0 bridgehead atoms. The fourth-order valence-electron chi connectivity index (χ4n) is 4.08. The van der Waals surface area contributed by atoms with Gasteiger partial charge in [0.15, 0.2) is 5.96 Å². The Bertz CT molecular complexity index is 309. The number of hydrogen-bond donors (Lipinski definition) is 1. The van der Waals surface area contributed by atoms with Crippen molar-refractivity contribution < 1.29 is 0 Å². The van der Waals surface area contributed by atoms with Crippen molar-refractivity contribution >= 4 is 5.96 Å². The molecule has 2 unspecified atom stereocenters. The lowest BCUT2D eigenvalue weighted by molar-refractivity contribution is 0.0287. The molecule has 0 aromatic rings. The Balaban J connectivity index is 2.32. The van der Waals surface area contributed by atoms with Crippen LogP contribution in [0, 0.1) is 11.8 Å². The monoisotopic (exact) mass is 237 g/mol. The van der Waals surface area contributed by atoms with E-state index in [1.165, 1.54) is 25.7 Å². The van der Waals surface area contributed by atoms with Crippen LogP contribution in [0.5, 0.6) is 0 Å². The molecule has 2 rings (SSSR count). The molecule has 0 saturated heterocycles. The van der Waals surface area contributed by atoms with Gasteiger partial charge in [-0.15, -0.1) is 0 Å². The maximum atomic E-state index is 6.12. The van der Waals surface area contributed by atoms with Gasteiger partial charge in [-0.05, 0) is 38.5 Å². The van der Waals surface area contributed by atoms with Crippen LogP contribution < -0.4 is 5.73 Å². The third-order valence-corrected chi connectivity index (χ3v) is 4.63. The van der Waals surface area contributed by atoms with Gasteiger partial charge in [-0.1, -0.05) is 26.7 Å². The molecule has 3 heteroatoms. The molecule has 0 aromatic carbocycles. The highest BCUT2D eigenvalue weighted by Gasteiger charge is 2.50. The quantitative estimate of drug-likeness (QED) is 0.802. The van der Waals surface area contributed by atoms with Crippen molar-refractivity contribution in [2.45, 2.75) is 65.0 Å². The van der Waals surface area contributed by atoms with E-state index in [0.29, 0.717) is 6.04 Å². The predicted molar refractivity (Wildman–Crippen MR) is 73.0 cm³/mol. The standard InChI is InChI=1S/C14H27N3/c1-10(2)12-7-5-6-8-14(12)9-16-13(15)17(14)11(3)4/h10-12H,5-9H2,1-4H3,(H2,15,16). The lowest BCUT2D eigenvalue weighted by atomic mass is 9.67. The second-order valence-electron chi connectivity index (χ2n) is 6.34. The summed E-state index contributed by atoms with van der Waals surface area (Å²) in [5, 5.41) is 0. The van der Waals surface area contributed by atoms with Crippen LogP contribution in [0.2, 0.25) is 0 Å². The average molecular weight is 237 g/mol. The van der Waals surface area contributed by atoms with Crippen LogP contribution in [0.1, 0.15) is 53.4 Å². The second-order valence-corrected chi connectivity index (χ2v) is 6.34. The molecule has 17 heavy (non-hydrogen) atoms. The van der Waals surface area contributed by atoms with Crippen molar-refractivity contribution in [1.29, 1.82) is 0 Å². The van der Waals surface area contributed by atoms with Crippen LogP contribution >= 0.6 is 0 Å². The van der Waals surface area contributed by atoms with Crippen LogP contribution in [0.3, 0.4) is 0 Å². The van der Waals surface area contributed by atoms with Crippen molar-refractivity contribution in [1.82, 2.24) is 4.90 Å². The van der Waals surface area contributed by atoms with E-state index in [1.807, 2.05) is 0 Å². The van der Waals surface area contributed by atoms with E-state index in [9.17, 15) is 0 Å². The molecule has 2 N–H and O–H groups in total. The SMILES string of the molecule is CC(C)C1CCCCC12CN=C(N)N2C(C)C. The number of nitrogens with two attached hydrogens (primary N) is 1. The second kappa shape index (κ2) is 4.51. The van der Waals surface area contributed by atoms with Gasteiger partial charge in [-0.25, -0.2) is 0 Å². The lowest BCUT2D eigenvalue weighted by Gasteiger charge is -2.51. The third kappa shape index (κ3) is 1.94. The first-order valence-corrected chi connectivity index (χ1v) is 7.08. The maximum Gasteiger partial charge on any atom is 0.192 e. The third-order valence-electron chi connectivity index (χ3n) is 4.63. The molecule has 1 heterocycles. The van der Waals surface area contributed by atoms with E-state index >= 15 is 0 Å². The van der Waals surface area contributed by atoms with Gasteiger partial charge in [0.05, 0.1) is 12.1 Å². The molecule has 2 atom stereocenters. The number of hydrogen-bond acceptors (Lipinski definition) is 3. The molecule has 1 aliphatic carbocycles. The molecule has 0 aromatic heterocycles. The van der Waals surface area contributed by atoms with Crippen molar-refractivity contribution in [3.63, 3.8) is 0 Å². The van der Waals surface area contributed by atoms with Crippen molar-refractivity contribution in [3.8, 4) is 0 Å². The largest absolute Gasteiger partial charge is 0.370 e. The Morgan fingerprint density at radius 3 is 2.59 bits per heavy atom. The number of guanidine groups is 1. The minimum atomic E-state index is 0.227. The lowest BCUT2D eigenvalue weighted by Crippen LogP contribution is -2.60. The number of rotatable bonds is 2. The summed E-state index contributed by atoms with van der Waals surface area (Å²) in [6, 6.07) is 0.459. The van der Waals surface area contributed by atoms with Gasteiger partial charge in [0.1, 0.15) is 0 Å². The zero-order valence-electron chi connectivity index (χ0n) is 11.7. The molecular weight excluding hydrogens is 210 g/mol. The summed E-state index contributed by atoms with van der Waals surface area (Å²) in [5.41, 5.74) is 6.35. The molecular formula is C14H27N3. The molecule has 1 saturated carbocycles. The molecule has 0 radical (unpaired) electrons. The Kier molecular flexibility index (Phi) is 3.37. The summed E-state index contributed by atoms with van der Waals surface area (Å²) in [4.78, 5) is 6.98. The minimum Gasteiger partial charge on any atom is -0.370 e. The molecule has 3 nitrogen and oxygen atoms in total. The van der Waals surface area contributed by atoms with E-state index in [0.717, 1.165) is 24.3 Å². The minimum absolute atomic E-state index is 0.227. The fourth-order valence-corrected chi connectivity index (χ4v) is 4.08. The van der Waals surface area contributed by atoms with Crippen LogP contribution in [-0.4, -0.2) is 29.0 Å². The smallest absolute Gasteiger partial charge is 0.192 e. The first kappa shape index (κ1) is 12.7. The molecule has 98 valence electrons. The highest BCUT2D eigenvalue weighted by molar-refractivity contribution is 5.81. The van der Waals surface area contributed by atoms with E-state index in [2.05, 4.69) is 37.6 Å². The molecule has 0 amide bonds. The summed E-state index contributed by atoms with van der Waals surface area (Å²) in [6.07, 6.45) is 5.30. The summed E-state index contributed by atoms with van der Waals surface area (Å²) < 4.78 is 0. The summed E-state index contributed by atoms with van der Waals surface area (Å²) in [7, 11) is 0.